The van der Waals surface area contributed by atoms with Crippen molar-refractivity contribution < 1.29 is 4.79 Å². The molecule has 1 N–H and O–H groups in total. The summed E-state index contributed by atoms with van der Waals surface area (Å²) in [5.74, 6) is -0.158. The Morgan fingerprint density at radius 1 is 1.59 bits per heavy atom. The van der Waals surface area contributed by atoms with E-state index in [0.29, 0.717) is 18.5 Å². The number of rotatable bonds is 4. The lowest BCUT2D eigenvalue weighted by Gasteiger charge is -2.20. The van der Waals surface area contributed by atoms with Crippen LogP contribution >= 0.6 is 0 Å². The lowest BCUT2D eigenvalue weighted by molar-refractivity contribution is 0.0746. The van der Waals surface area contributed by atoms with Crippen LogP contribution in [-0.4, -0.2) is 28.4 Å². The fourth-order valence-corrected chi connectivity index (χ4v) is 1.75. The number of aromatic amines is 1. The van der Waals surface area contributed by atoms with Crippen LogP contribution in [0.25, 0.3) is 0 Å². The number of nitriles is 1. The van der Waals surface area contributed by atoms with Crippen LogP contribution in [0.2, 0.25) is 0 Å². The minimum absolute atomic E-state index is 0.158. The van der Waals surface area contributed by atoms with E-state index in [-0.39, 0.29) is 17.5 Å². The summed E-state index contributed by atoms with van der Waals surface area (Å²) < 4.78 is 0. The zero-order valence-corrected chi connectivity index (χ0v) is 9.35. The second kappa shape index (κ2) is 4.83. The molecule has 1 saturated carbocycles. The van der Waals surface area contributed by atoms with Crippen molar-refractivity contribution in [3.05, 3.63) is 34.2 Å². The minimum Gasteiger partial charge on any atom is -0.335 e. The Morgan fingerprint density at radius 2 is 2.35 bits per heavy atom. The van der Waals surface area contributed by atoms with Gasteiger partial charge in [-0.05, 0) is 18.9 Å². The van der Waals surface area contributed by atoms with E-state index in [1.807, 2.05) is 6.07 Å². The Kier molecular flexibility index (Phi) is 3.24. The summed E-state index contributed by atoms with van der Waals surface area (Å²) in [6, 6.07) is 5.17. The highest BCUT2D eigenvalue weighted by atomic mass is 16.2. The van der Waals surface area contributed by atoms with Gasteiger partial charge in [-0.25, -0.2) is 0 Å². The summed E-state index contributed by atoms with van der Waals surface area (Å²) in [5, 5.41) is 8.57. The molecule has 0 spiro atoms. The molecular weight excluding hydrogens is 218 g/mol. The number of carbonyl (C=O) groups excluding carboxylic acids is 1. The van der Waals surface area contributed by atoms with Gasteiger partial charge in [0.15, 0.2) is 0 Å². The molecule has 1 aromatic rings. The van der Waals surface area contributed by atoms with Gasteiger partial charge in [-0.15, -0.1) is 0 Å². The summed E-state index contributed by atoms with van der Waals surface area (Å²) in [5.41, 5.74) is 0.102. The van der Waals surface area contributed by atoms with Crippen LogP contribution in [0.1, 0.15) is 29.6 Å². The average Bonchev–Trinajstić information content (AvgIpc) is 3.14. The van der Waals surface area contributed by atoms with Crippen molar-refractivity contribution in [2.75, 3.05) is 6.54 Å². The third kappa shape index (κ3) is 2.72. The Labute approximate surface area is 98.7 Å². The quantitative estimate of drug-likeness (QED) is 0.836. The van der Waals surface area contributed by atoms with Crippen LogP contribution in [0, 0.1) is 11.3 Å². The zero-order chi connectivity index (χ0) is 12.3. The summed E-state index contributed by atoms with van der Waals surface area (Å²) in [6.07, 6.45) is 3.76. The standard InChI is InChI=1S/C12H13N3O2/c13-5-1-7-15(10-2-3-10)12(17)9-4-6-14-11(16)8-9/h4,6,8,10H,1-3,7H2,(H,14,16). The van der Waals surface area contributed by atoms with Crippen molar-refractivity contribution in [2.45, 2.75) is 25.3 Å². The largest absolute Gasteiger partial charge is 0.335 e. The van der Waals surface area contributed by atoms with E-state index in [4.69, 9.17) is 5.26 Å². The number of aromatic nitrogens is 1. The summed E-state index contributed by atoms with van der Waals surface area (Å²) in [4.78, 5) is 27.5. The predicted octanol–water partition coefficient (Wildman–Crippen LogP) is 0.893. The number of amides is 1. The smallest absolute Gasteiger partial charge is 0.254 e. The number of nitrogens with one attached hydrogen (secondary N) is 1. The van der Waals surface area contributed by atoms with Crippen LogP contribution < -0.4 is 5.56 Å². The zero-order valence-electron chi connectivity index (χ0n) is 9.35. The lowest BCUT2D eigenvalue weighted by Crippen LogP contribution is -2.34. The van der Waals surface area contributed by atoms with Gasteiger partial charge in [0.25, 0.3) is 5.91 Å². The number of nitrogens with zero attached hydrogens (tertiary/aromatic N) is 2. The second-order valence-electron chi connectivity index (χ2n) is 4.08. The van der Waals surface area contributed by atoms with Gasteiger partial charge in [0.05, 0.1) is 12.5 Å². The van der Waals surface area contributed by atoms with Gasteiger partial charge in [-0.1, -0.05) is 0 Å². The molecular formula is C12H13N3O2. The molecule has 2 rings (SSSR count). The number of hydrogen-bond acceptors (Lipinski definition) is 3. The molecule has 0 aromatic carbocycles. The van der Waals surface area contributed by atoms with Crippen LogP contribution in [-0.2, 0) is 0 Å². The molecule has 1 aliphatic carbocycles. The summed E-state index contributed by atoms with van der Waals surface area (Å²) in [6.45, 7) is 0.437. The monoisotopic (exact) mass is 231 g/mol. The molecule has 0 radical (unpaired) electrons. The molecule has 1 aliphatic rings. The first-order valence-electron chi connectivity index (χ1n) is 5.59. The van der Waals surface area contributed by atoms with Crippen LogP contribution in [0.5, 0.6) is 0 Å². The fraction of sp³-hybridized carbons (Fsp3) is 0.417. The topological polar surface area (TPSA) is 77.0 Å². The Bertz CT molecular complexity index is 511. The van der Waals surface area contributed by atoms with E-state index in [1.165, 1.54) is 12.3 Å². The van der Waals surface area contributed by atoms with Crippen LogP contribution in [0.4, 0.5) is 0 Å². The molecule has 0 atom stereocenters. The Morgan fingerprint density at radius 3 is 2.94 bits per heavy atom. The Hall–Kier alpha value is -2.09. The highest BCUT2D eigenvalue weighted by molar-refractivity contribution is 5.94. The van der Waals surface area contributed by atoms with Gasteiger partial charge in [0, 0.05) is 30.4 Å². The number of H-pyrrole nitrogens is 1. The average molecular weight is 231 g/mol. The molecule has 0 unspecified atom stereocenters. The molecule has 88 valence electrons. The Balaban J connectivity index is 2.16. The van der Waals surface area contributed by atoms with Crippen molar-refractivity contribution in [1.29, 1.82) is 5.26 Å². The van der Waals surface area contributed by atoms with Gasteiger partial charge >= 0.3 is 0 Å². The molecule has 1 amide bonds. The summed E-state index contributed by atoms with van der Waals surface area (Å²) >= 11 is 0. The van der Waals surface area contributed by atoms with Gasteiger partial charge in [0.2, 0.25) is 5.56 Å². The molecule has 1 aromatic heterocycles. The van der Waals surface area contributed by atoms with Gasteiger partial charge in [0.1, 0.15) is 0 Å². The van der Waals surface area contributed by atoms with E-state index in [2.05, 4.69) is 4.98 Å². The maximum atomic E-state index is 12.1. The molecule has 5 nitrogen and oxygen atoms in total. The third-order valence-corrected chi connectivity index (χ3v) is 2.74. The summed E-state index contributed by atoms with van der Waals surface area (Å²) in [7, 11) is 0. The van der Waals surface area contributed by atoms with Gasteiger partial charge in [-0.2, -0.15) is 5.26 Å². The molecule has 0 saturated heterocycles. The van der Waals surface area contributed by atoms with E-state index in [9.17, 15) is 9.59 Å². The highest BCUT2D eigenvalue weighted by Crippen LogP contribution is 2.28. The van der Waals surface area contributed by atoms with Gasteiger partial charge in [-0.3, -0.25) is 9.59 Å². The first-order valence-corrected chi connectivity index (χ1v) is 5.59. The number of carbonyl (C=O) groups is 1. The molecule has 0 bridgehead atoms. The molecule has 5 heteroatoms. The minimum atomic E-state index is -0.285. The SMILES string of the molecule is N#CCCN(C(=O)c1cc[nH]c(=O)c1)C1CC1. The van der Waals surface area contributed by atoms with Crippen molar-refractivity contribution in [2.24, 2.45) is 0 Å². The lowest BCUT2D eigenvalue weighted by atomic mass is 10.2. The van der Waals surface area contributed by atoms with Gasteiger partial charge < -0.3 is 9.88 Å². The van der Waals surface area contributed by atoms with Crippen molar-refractivity contribution in [3.63, 3.8) is 0 Å². The first kappa shape index (κ1) is 11.4. The predicted molar refractivity (Wildman–Crippen MR) is 61.4 cm³/mol. The molecule has 17 heavy (non-hydrogen) atoms. The van der Waals surface area contributed by atoms with E-state index >= 15 is 0 Å². The maximum absolute atomic E-state index is 12.1. The number of pyridine rings is 1. The molecule has 0 aliphatic heterocycles. The van der Waals surface area contributed by atoms with Crippen molar-refractivity contribution in [3.8, 4) is 6.07 Å². The fourth-order valence-electron chi connectivity index (χ4n) is 1.75. The van der Waals surface area contributed by atoms with E-state index in [0.717, 1.165) is 12.8 Å². The number of hydrogen-bond donors (Lipinski definition) is 1. The van der Waals surface area contributed by atoms with Crippen molar-refractivity contribution in [1.82, 2.24) is 9.88 Å². The van der Waals surface area contributed by atoms with E-state index < -0.39 is 0 Å². The van der Waals surface area contributed by atoms with Crippen molar-refractivity contribution >= 4 is 5.91 Å². The highest BCUT2D eigenvalue weighted by Gasteiger charge is 2.32. The van der Waals surface area contributed by atoms with E-state index in [1.54, 1.807) is 11.0 Å². The molecule has 1 heterocycles. The third-order valence-electron chi connectivity index (χ3n) is 2.74. The first-order chi connectivity index (χ1) is 8.22. The van der Waals surface area contributed by atoms with Crippen LogP contribution in [0.15, 0.2) is 23.1 Å². The maximum Gasteiger partial charge on any atom is 0.254 e. The second-order valence-corrected chi connectivity index (χ2v) is 4.08. The normalized spacial score (nSPS) is 14.1. The van der Waals surface area contributed by atoms with Crippen LogP contribution in [0.3, 0.4) is 0 Å². The molecule has 1 fully saturated rings.